The van der Waals surface area contributed by atoms with Crippen LogP contribution in [0.25, 0.3) is 21.7 Å². The first-order chi connectivity index (χ1) is 15.8. The van der Waals surface area contributed by atoms with Gasteiger partial charge in [0.15, 0.2) is 0 Å². The molecule has 0 unspecified atom stereocenters. The number of nitro benzene ring substituents is 1. The van der Waals surface area contributed by atoms with Crippen molar-refractivity contribution >= 4 is 50.9 Å². The SMILES string of the molecule is O=C(CNC(=O)c1cc(Cl)cc([N+](=O)[O-])c1)OCc1cc(=O)oc2ccc3ccccc3c12. The highest BCUT2D eigenvalue weighted by molar-refractivity contribution is 6.31. The van der Waals surface area contributed by atoms with Crippen molar-refractivity contribution < 1.29 is 23.7 Å². The van der Waals surface area contributed by atoms with Crippen LogP contribution in [0.15, 0.2) is 69.9 Å². The molecule has 33 heavy (non-hydrogen) atoms. The number of non-ortho nitro benzene ring substituents is 1. The van der Waals surface area contributed by atoms with Crippen LogP contribution in [0, 0.1) is 10.1 Å². The molecule has 4 rings (SSSR count). The average molecular weight is 467 g/mol. The van der Waals surface area contributed by atoms with E-state index < -0.39 is 29.0 Å². The largest absolute Gasteiger partial charge is 0.459 e. The summed E-state index contributed by atoms with van der Waals surface area (Å²) in [7, 11) is 0. The Hall–Kier alpha value is -4.24. The third-order valence-corrected chi connectivity index (χ3v) is 5.07. The number of amides is 1. The smallest absolute Gasteiger partial charge is 0.336 e. The second-order valence-corrected chi connectivity index (χ2v) is 7.49. The van der Waals surface area contributed by atoms with Crippen LogP contribution in [0.3, 0.4) is 0 Å². The van der Waals surface area contributed by atoms with E-state index in [1.807, 2.05) is 30.3 Å². The molecule has 9 nitrogen and oxygen atoms in total. The van der Waals surface area contributed by atoms with Gasteiger partial charge in [-0.2, -0.15) is 0 Å². The molecule has 0 saturated carbocycles. The van der Waals surface area contributed by atoms with Gasteiger partial charge in [-0.05, 0) is 22.9 Å². The van der Waals surface area contributed by atoms with Gasteiger partial charge in [0.1, 0.15) is 18.7 Å². The van der Waals surface area contributed by atoms with Gasteiger partial charge in [-0.1, -0.05) is 41.9 Å². The Morgan fingerprint density at radius 3 is 2.67 bits per heavy atom. The van der Waals surface area contributed by atoms with Crippen LogP contribution in [-0.4, -0.2) is 23.3 Å². The van der Waals surface area contributed by atoms with Crippen molar-refractivity contribution in [2.75, 3.05) is 6.54 Å². The zero-order valence-electron chi connectivity index (χ0n) is 16.9. The standard InChI is InChI=1S/C23H15ClN2O7/c24-16-7-14(8-17(10-16)26(30)31)23(29)25-11-21(28)32-12-15-9-20(27)33-19-6-5-13-3-1-2-4-18(13)22(15)19/h1-10H,11-12H2,(H,25,29). The lowest BCUT2D eigenvalue weighted by Crippen LogP contribution is -2.30. The van der Waals surface area contributed by atoms with E-state index >= 15 is 0 Å². The number of fused-ring (bicyclic) bond motifs is 3. The number of hydrogen-bond donors (Lipinski definition) is 1. The molecule has 1 aromatic heterocycles. The summed E-state index contributed by atoms with van der Waals surface area (Å²) in [5.74, 6) is -1.49. The third-order valence-electron chi connectivity index (χ3n) is 4.85. The second-order valence-electron chi connectivity index (χ2n) is 7.05. The predicted molar refractivity (Wildman–Crippen MR) is 120 cm³/mol. The fraction of sp³-hybridized carbons (Fsp3) is 0.0870. The Morgan fingerprint density at radius 2 is 1.88 bits per heavy atom. The number of carbonyl (C=O) groups excluding carboxylic acids is 2. The minimum absolute atomic E-state index is 0.0129. The number of esters is 1. The molecule has 0 spiro atoms. The van der Waals surface area contributed by atoms with E-state index in [-0.39, 0.29) is 22.9 Å². The number of ether oxygens (including phenoxy) is 1. The summed E-state index contributed by atoms with van der Waals surface area (Å²) in [6.07, 6.45) is 0. The maximum absolute atomic E-state index is 12.3. The zero-order valence-corrected chi connectivity index (χ0v) is 17.6. The van der Waals surface area contributed by atoms with Crippen molar-refractivity contribution in [1.29, 1.82) is 0 Å². The summed E-state index contributed by atoms with van der Waals surface area (Å²) in [4.78, 5) is 46.7. The van der Waals surface area contributed by atoms with Crippen molar-refractivity contribution in [3.8, 4) is 0 Å². The molecular formula is C23H15ClN2O7. The fourth-order valence-corrected chi connectivity index (χ4v) is 3.64. The highest BCUT2D eigenvalue weighted by atomic mass is 35.5. The molecule has 4 aromatic rings. The van der Waals surface area contributed by atoms with Gasteiger partial charge in [-0.25, -0.2) is 4.79 Å². The van der Waals surface area contributed by atoms with E-state index in [2.05, 4.69) is 5.32 Å². The first-order valence-electron chi connectivity index (χ1n) is 9.65. The molecule has 0 aliphatic carbocycles. The van der Waals surface area contributed by atoms with Gasteiger partial charge in [0, 0.05) is 39.7 Å². The molecule has 0 aliphatic rings. The van der Waals surface area contributed by atoms with Crippen molar-refractivity contribution in [3.63, 3.8) is 0 Å². The quantitative estimate of drug-likeness (QED) is 0.149. The van der Waals surface area contributed by atoms with Gasteiger partial charge in [0.25, 0.3) is 11.6 Å². The van der Waals surface area contributed by atoms with Crippen LogP contribution >= 0.6 is 11.6 Å². The summed E-state index contributed by atoms with van der Waals surface area (Å²) in [6.45, 7) is -0.702. The molecule has 1 N–H and O–H groups in total. The summed E-state index contributed by atoms with van der Waals surface area (Å²) in [5.41, 5.74) is -0.177. The summed E-state index contributed by atoms with van der Waals surface area (Å²) >= 11 is 5.81. The first-order valence-corrected chi connectivity index (χ1v) is 10.0. The summed E-state index contributed by atoms with van der Waals surface area (Å²) in [6, 6.07) is 15.7. The monoisotopic (exact) mass is 466 g/mol. The fourth-order valence-electron chi connectivity index (χ4n) is 3.41. The summed E-state index contributed by atoms with van der Waals surface area (Å²) in [5, 5.41) is 15.7. The van der Waals surface area contributed by atoms with Crippen molar-refractivity contribution in [3.05, 3.63) is 97.3 Å². The van der Waals surface area contributed by atoms with Crippen molar-refractivity contribution in [2.45, 2.75) is 6.61 Å². The van der Waals surface area contributed by atoms with Crippen LogP contribution in [0.5, 0.6) is 0 Å². The Kier molecular flexibility index (Phi) is 6.05. The topological polar surface area (TPSA) is 129 Å². The molecule has 1 heterocycles. The minimum Gasteiger partial charge on any atom is -0.459 e. The molecule has 0 fully saturated rings. The molecule has 166 valence electrons. The average Bonchev–Trinajstić information content (AvgIpc) is 2.80. The van der Waals surface area contributed by atoms with Gasteiger partial charge >= 0.3 is 11.6 Å². The molecule has 0 atom stereocenters. The van der Waals surface area contributed by atoms with Crippen LogP contribution in [0.4, 0.5) is 5.69 Å². The minimum atomic E-state index is -0.762. The number of hydrogen-bond acceptors (Lipinski definition) is 7. The number of rotatable bonds is 6. The van der Waals surface area contributed by atoms with E-state index in [0.717, 1.165) is 22.9 Å². The van der Waals surface area contributed by atoms with Crippen LogP contribution < -0.4 is 10.9 Å². The molecular weight excluding hydrogens is 452 g/mol. The third kappa shape index (κ3) is 4.83. The van der Waals surface area contributed by atoms with E-state index in [1.54, 1.807) is 6.07 Å². The van der Waals surface area contributed by atoms with Gasteiger partial charge in [0.05, 0.1) is 4.92 Å². The van der Waals surface area contributed by atoms with E-state index in [0.29, 0.717) is 16.5 Å². The highest BCUT2D eigenvalue weighted by Gasteiger charge is 2.16. The number of nitrogens with one attached hydrogen (secondary N) is 1. The Morgan fingerprint density at radius 1 is 1.09 bits per heavy atom. The molecule has 3 aromatic carbocycles. The Labute approximate surface area is 190 Å². The van der Waals surface area contributed by atoms with Crippen molar-refractivity contribution in [1.82, 2.24) is 5.32 Å². The number of carbonyl (C=O) groups is 2. The van der Waals surface area contributed by atoms with E-state index in [4.69, 9.17) is 20.8 Å². The normalized spacial score (nSPS) is 10.8. The maximum Gasteiger partial charge on any atom is 0.336 e. The van der Waals surface area contributed by atoms with Crippen LogP contribution in [0.1, 0.15) is 15.9 Å². The van der Waals surface area contributed by atoms with Gasteiger partial charge in [0.2, 0.25) is 0 Å². The van der Waals surface area contributed by atoms with Gasteiger partial charge in [-0.15, -0.1) is 0 Å². The molecule has 0 bridgehead atoms. The Bertz CT molecular complexity index is 1480. The molecule has 10 heteroatoms. The number of nitrogens with zero attached hydrogens (tertiary/aromatic N) is 1. The summed E-state index contributed by atoms with van der Waals surface area (Å²) < 4.78 is 10.5. The number of halogens is 1. The lowest BCUT2D eigenvalue weighted by molar-refractivity contribution is -0.384. The number of nitro groups is 1. The highest BCUT2D eigenvalue weighted by Crippen LogP contribution is 2.27. The lowest BCUT2D eigenvalue weighted by Gasteiger charge is -2.10. The zero-order chi connectivity index (χ0) is 23.5. The molecule has 1 amide bonds. The second kappa shape index (κ2) is 9.09. The first kappa shape index (κ1) is 22.0. The molecule has 0 radical (unpaired) electrons. The van der Waals surface area contributed by atoms with Gasteiger partial charge < -0.3 is 14.5 Å². The van der Waals surface area contributed by atoms with Crippen molar-refractivity contribution in [2.24, 2.45) is 0 Å². The molecule has 0 aliphatic heterocycles. The van der Waals surface area contributed by atoms with Crippen LogP contribution in [0.2, 0.25) is 5.02 Å². The molecule has 0 saturated heterocycles. The number of benzene rings is 3. The van der Waals surface area contributed by atoms with Gasteiger partial charge in [-0.3, -0.25) is 19.7 Å². The van der Waals surface area contributed by atoms with E-state index in [9.17, 15) is 24.5 Å². The van der Waals surface area contributed by atoms with E-state index in [1.165, 1.54) is 12.1 Å². The lowest BCUT2D eigenvalue weighted by atomic mass is 10.0. The Balaban J connectivity index is 1.47. The predicted octanol–water partition coefficient (Wildman–Crippen LogP) is 3.98. The van der Waals surface area contributed by atoms with Crippen LogP contribution in [-0.2, 0) is 16.1 Å². The maximum atomic E-state index is 12.3.